The Kier molecular flexibility index (Phi) is 2.80. The van der Waals surface area contributed by atoms with E-state index in [1.807, 2.05) is 13.0 Å². The molecule has 0 aromatic heterocycles. The largest absolute Gasteiger partial charge is 0.392 e. The van der Waals surface area contributed by atoms with E-state index >= 15 is 0 Å². The zero-order chi connectivity index (χ0) is 11.9. The van der Waals surface area contributed by atoms with Gasteiger partial charge in [0, 0.05) is 5.92 Å². The fraction of sp³-hybridized carbons (Fsp3) is 0.500. The van der Waals surface area contributed by atoms with E-state index in [4.69, 9.17) is 0 Å². The van der Waals surface area contributed by atoms with Gasteiger partial charge in [-0.2, -0.15) is 0 Å². The number of sulfone groups is 1. The molecule has 1 aromatic rings. The fourth-order valence-electron chi connectivity index (χ4n) is 2.35. The molecule has 1 aromatic carbocycles. The molecule has 16 heavy (non-hydrogen) atoms. The predicted octanol–water partition coefficient (Wildman–Crippen LogP) is 1.57. The van der Waals surface area contributed by atoms with Crippen molar-refractivity contribution in [3.63, 3.8) is 0 Å². The maximum atomic E-state index is 12.1. The second-order valence-electron chi connectivity index (χ2n) is 4.58. The minimum atomic E-state index is -3.25. The third-order valence-corrected chi connectivity index (χ3v) is 5.33. The molecular formula is C12H16O3S. The maximum Gasteiger partial charge on any atom is 0.179 e. The Morgan fingerprint density at radius 3 is 2.56 bits per heavy atom. The van der Waals surface area contributed by atoms with E-state index < -0.39 is 15.9 Å². The van der Waals surface area contributed by atoms with Crippen molar-refractivity contribution in [1.82, 2.24) is 0 Å². The summed E-state index contributed by atoms with van der Waals surface area (Å²) in [5, 5.41) is 10.0. The van der Waals surface area contributed by atoms with E-state index in [0.717, 1.165) is 5.56 Å². The Labute approximate surface area is 96.0 Å². The first kappa shape index (κ1) is 11.6. The molecule has 4 heteroatoms. The highest BCUT2D eigenvalue weighted by molar-refractivity contribution is 7.91. The highest BCUT2D eigenvalue weighted by Gasteiger charge is 2.34. The Morgan fingerprint density at radius 2 is 1.88 bits per heavy atom. The van der Waals surface area contributed by atoms with Gasteiger partial charge < -0.3 is 5.11 Å². The van der Waals surface area contributed by atoms with Crippen molar-refractivity contribution < 1.29 is 13.5 Å². The van der Waals surface area contributed by atoms with Crippen LogP contribution >= 0.6 is 0 Å². The van der Waals surface area contributed by atoms with Gasteiger partial charge in [0.15, 0.2) is 9.84 Å². The number of aliphatic hydroxyl groups excluding tert-OH is 1. The van der Waals surface area contributed by atoms with Crippen LogP contribution in [0, 0.1) is 5.92 Å². The molecule has 3 atom stereocenters. The van der Waals surface area contributed by atoms with Gasteiger partial charge in [-0.15, -0.1) is 0 Å². The summed E-state index contributed by atoms with van der Waals surface area (Å²) in [5.41, 5.74) is 0.736. The van der Waals surface area contributed by atoms with Crippen molar-refractivity contribution in [2.45, 2.75) is 30.8 Å². The lowest BCUT2D eigenvalue weighted by molar-refractivity contribution is 0.104. The van der Waals surface area contributed by atoms with Crippen molar-refractivity contribution >= 4 is 9.84 Å². The predicted molar refractivity (Wildman–Crippen MR) is 62.1 cm³/mol. The molecule has 1 aliphatic heterocycles. The van der Waals surface area contributed by atoms with E-state index in [1.54, 1.807) is 25.1 Å². The molecule has 3 nitrogen and oxygen atoms in total. The number of aliphatic hydroxyl groups is 1. The Hall–Kier alpha value is -0.870. The first-order chi connectivity index (χ1) is 7.43. The van der Waals surface area contributed by atoms with E-state index in [1.165, 1.54) is 0 Å². The maximum absolute atomic E-state index is 12.1. The molecule has 2 rings (SSSR count). The summed E-state index contributed by atoms with van der Waals surface area (Å²) < 4.78 is 24.2. The van der Waals surface area contributed by atoms with Crippen LogP contribution in [0.4, 0.5) is 0 Å². The molecule has 0 fully saturated rings. The van der Waals surface area contributed by atoms with Crippen molar-refractivity contribution in [2.75, 3.05) is 5.75 Å². The van der Waals surface area contributed by atoms with Crippen molar-refractivity contribution in [2.24, 2.45) is 5.92 Å². The second kappa shape index (κ2) is 3.86. The molecule has 0 saturated heterocycles. The van der Waals surface area contributed by atoms with Gasteiger partial charge in [-0.05, 0) is 17.5 Å². The number of hydrogen-bond donors (Lipinski definition) is 1. The average molecular weight is 240 g/mol. The van der Waals surface area contributed by atoms with E-state index in [9.17, 15) is 13.5 Å². The number of hydrogen-bond acceptors (Lipinski definition) is 3. The van der Waals surface area contributed by atoms with E-state index in [-0.39, 0.29) is 17.6 Å². The average Bonchev–Trinajstić information content (AvgIpc) is 2.31. The van der Waals surface area contributed by atoms with Crippen LogP contribution in [0.3, 0.4) is 0 Å². The van der Waals surface area contributed by atoms with Gasteiger partial charge >= 0.3 is 0 Å². The highest BCUT2D eigenvalue weighted by atomic mass is 32.2. The van der Waals surface area contributed by atoms with Crippen molar-refractivity contribution in [1.29, 1.82) is 0 Å². The molecule has 0 unspecified atom stereocenters. The van der Waals surface area contributed by atoms with Crippen molar-refractivity contribution in [3.8, 4) is 0 Å². The quantitative estimate of drug-likeness (QED) is 0.749. The lowest BCUT2D eigenvalue weighted by Gasteiger charge is -2.21. The van der Waals surface area contributed by atoms with Crippen LogP contribution in [0.25, 0.3) is 0 Å². The van der Waals surface area contributed by atoms with Crippen LogP contribution in [-0.2, 0) is 9.84 Å². The van der Waals surface area contributed by atoms with E-state index in [0.29, 0.717) is 4.90 Å². The van der Waals surface area contributed by atoms with Crippen LogP contribution in [0.2, 0.25) is 0 Å². The molecule has 88 valence electrons. The fourth-order valence-corrected chi connectivity index (χ4v) is 4.32. The summed E-state index contributed by atoms with van der Waals surface area (Å²) in [6.45, 7) is 3.66. The smallest absolute Gasteiger partial charge is 0.179 e. The molecule has 1 heterocycles. The summed E-state index contributed by atoms with van der Waals surface area (Å²) in [4.78, 5) is 0.380. The van der Waals surface area contributed by atoms with Crippen LogP contribution in [0.15, 0.2) is 29.2 Å². The highest BCUT2D eigenvalue weighted by Crippen LogP contribution is 2.34. The van der Waals surface area contributed by atoms with Gasteiger partial charge in [0.1, 0.15) is 0 Å². The SMILES string of the molecule is C[C@@H]1CS(=O)(=O)c2ccccc2[C@H](C)[C@H]1O. The Morgan fingerprint density at radius 1 is 1.25 bits per heavy atom. The third-order valence-electron chi connectivity index (χ3n) is 3.32. The summed E-state index contributed by atoms with van der Waals surface area (Å²) in [7, 11) is -3.25. The molecule has 0 spiro atoms. The van der Waals surface area contributed by atoms with Gasteiger partial charge in [-0.3, -0.25) is 0 Å². The van der Waals surface area contributed by atoms with Gasteiger partial charge in [0.2, 0.25) is 0 Å². The normalized spacial score (nSPS) is 32.8. The lowest BCUT2D eigenvalue weighted by Crippen LogP contribution is -2.26. The molecule has 0 aliphatic carbocycles. The first-order valence-corrected chi connectivity index (χ1v) is 7.08. The number of fused-ring (bicyclic) bond motifs is 1. The van der Waals surface area contributed by atoms with Crippen LogP contribution in [0.1, 0.15) is 25.3 Å². The number of rotatable bonds is 0. The molecule has 0 radical (unpaired) electrons. The molecule has 1 N–H and O–H groups in total. The summed E-state index contributed by atoms with van der Waals surface area (Å²) in [6, 6.07) is 6.96. The molecular weight excluding hydrogens is 224 g/mol. The number of benzene rings is 1. The second-order valence-corrected chi connectivity index (χ2v) is 6.58. The Balaban J connectivity index is 2.66. The summed E-state index contributed by atoms with van der Waals surface area (Å²) in [5.74, 6) is -0.342. The first-order valence-electron chi connectivity index (χ1n) is 5.43. The minimum Gasteiger partial charge on any atom is -0.392 e. The molecule has 1 aliphatic rings. The van der Waals surface area contributed by atoms with Gasteiger partial charge in [0.25, 0.3) is 0 Å². The van der Waals surface area contributed by atoms with Crippen molar-refractivity contribution in [3.05, 3.63) is 29.8 Å². The minimum absolute atomic E-state index is 0.0233. The molecule has 0 saturated carbocycles. The van der Waals surface area contributed by atoms with Gasteiger partial charge in [-0.25, -0.2) is 8.42 Å². The summed E-state index contributed by atoms with van der Waals surface area (Å²) >= 11 is 0. The third kappa shape index (κ3) is 1.76. The molecule has 0 bridgehead atoms. The molecule has 0 amide bonds. The Bertz CT molecular complexity index is 493. The van der Waals surface area contributed by atoms with Gasteiger partial charge in [-0.1, -0.05) is 32.0 Å². The van der Waals surface area contributed by atoms with Gasteiger partial charge in [0.05, 0.1) is 16.8 Å². The monoisotopic (exact) mass is 240 g/mol. The lowest BCUT2D eigenvalue weighted by atomic mass is 9.89. The zero-order valence-electron chi connectivity index (χ0n) is 9.42. The zero-order valence-corrected chi connectivity index (χ0v) is 10.2. The van der Waals surface area contributed by atoms with Crippen LogP contribution < -0.4 is 0 Å². The van der Waals surface area contributed by atoms with Crippen LogP contribution in [-0.4, -0.2) is 25.4 Å². The summed E-state index contributed by atoms with van der Waals surface area (Å²) in [6.07, 6.45) is -0.599. The van der Waals surface area contributed by atoms with E-state index in [2.05, 4.69) is 0 Å². The topological polar surface area (TPSA) is 54.4 Å². The standard InChI is InChI=1S/C12H16O3S/c1-8-7-16(14,15)11-6-4-3-5-10(11)9(2)12(8)13/h3-6,8-9,12-13H,7H2,1-2H3/t8-,9+,12+/m1/s1. The van der Waals surface area contributed by atoms with Crippen LogP contribution in [0.5, 0.6) is 0 Å².